The molecule has 0 bridgehead atoms. The molecule has 3 nitrogen and oxygen atoms in total. The van der Waals surface area contributed by atoms with Crippen LogP contribution in [0.5, 0.6) is 5.75 Å². The van der Waals surface area contributed by atoms with E-state index in [9.17, 15) is 4.79 Å². The fourth-order valence-corrected chi connectivity index (χ4v) is 2.18. The minimum atomic E-state index is -0.0785. The number of nitrogens with one attached hydrogen (secondary N) is 1. The van der Waals surface area contributed by atoms with Gasteiger partial charge in [0.25, 0.3) is 5.91 Å². The van der Waals surface area contributed by atoms with Crippen molar-refractivity contribution < 1.29 is 9.53 Å². The largest absolute Gasteiger partial charge is 0.483 e. The number of hydrogen-bond donors (Lipinski definition) is 1. The second-order valence-corrected chi connectivity index (χ2v) is 6.74. The molecule has 4 heteroatoms. The Kier molecular flexibility index (Phi) is 6.53. The lowest BCUT2D eigenvalue weighted by molar-refractivity contribution is -0.123. The van der Waals surface area contributed by atoms with Crippen LogP contribution in [0, 0.1) is 0 Å². The van der Waals surface area contributed by atoms with Crippen LogP contribution in [0.3, 0.4) is 0 Å². The Balaban J connectivity index is 2.55. The Morgan fingerprint density at radius 3 is 2.60 bits per heavy atom. The van der Waals surface area contributed by atoms with Crippen molar-refractivity contribution in [1.29, 1.82) is 0 Å². The molecule has 0 unspecified atom stereocenters. The van der Waals surface area contributed by atoms with Gasteiger partial charge < -0.3 is 10.1 Å². The molecule has 0 aliphatic rings. The van der Waals surface area contributed by atoms with Crippen molar-refractivity contribution in [3.05, 3.63) is 28.2 Å². The molecule has 0 fully saturated rings. The highest BCUT2D eigenvalue weighted by Gasteiger charge is 2.15. The van der Waals surface area contributed by atoms with Crippen molar-refractivity contribution >= 4 is 21.8 Å². The first kappa shape index (κ1) is 17.0. The molecular formula is C16H24BrNO2. The van der Waals surface area contributed by atoms with E-state index in [0.29, 0.717) is 12.3 Å². The molecule has 1 rings (SSSR count). The van der Waals surface area contributed by atoms with E-state index in [1.54, 1.807) is 0 Å². The summed E-state index contributed by atoms with van der Waals surface area (Å²) in [6.07, 6.45) is 2.07. The molecule has 1 aromatic rings. The van der Waals surface area contributed by atoms with Crippen LogP contribution in [0.4, 0.5) is 0 Å². The number of unbranched alkanes of at least 4 members (excludes halogenated alkanes) is 1. The molecule has 1 aromatic carbocycles. The smallest absolute Gasteiger partial charge is 0.257 e. The Morgan fingerprint density at radius 1 is 1.35 bits per heavy atom. The normalized spacial score (nSPS) is 11.2. The van der Waals surface area contributed by atoms with E-state index in [1.165, 1.54) is 5.56 Å². The first-order chi connectivity index (χ1) is 9.34. The topological polar surface area (TPSA) is 38.3 Å². The number of hydrogen-bond acceptors (Lipinski definition) is 2. The van der Waals surface area contributed by atoms with Crippen LogP contribution < -0.4 is 10.1 Å². The number of carbonyl (C=O) groups excluding carboxylic acids is 1. The maximum atomic E-state index is 11.6. The highest BCUT2D eigenvalue weighted by atomic mass is 79.9. The van der Waals surface area contributed by atoms with Crippen LogP contribution in [0.15, 0.2) is 22.7 Å². The molecule has 112 valence electrons. The fourth-order valence-electron chi connectivity index (χ4n) is 1.68. The van der Waals surface area contributed by atoms with Gasteiger partial charge >= 0.3 is 0 Å². The van der Waals surface area contributed by atoms with Crippen molar-refractivity contribution in [2.24, 2.45) is 0 Å². The van der Waals surface area contributed by atoms with Gasteiger partial charge in [0.1, 0.15) is 5.75 Å². The average molecular weight is 342 g/mol. The third kappa shape index (κ3) is 5.53. The quantitative estimate of drug-likeness (QED) is 0.793. The second kappa shape index (κ2) is 7.67. The fraction of sp³-hybridized carbons (Fsp3) is 0.562. The predicted octanol–water partition coefficient (Wildman–Crippen LogP) is 4.04. The summed E-state index contributed by atoms with van der Waals surface area (Å²) < 4.78 is 6.42. The lowest BCUT2D eigenvalue weighted by atomic mass is 9.87. The van der Waals surface area contributed by atoms with E-state index >= 15 is 0 Å². The van der Waals surface area contributed by atoms with E-state index in [1.807, 2.05) is 18.2 Å². The summed E-state index contributed by atoms with van der Waals surface area (Å²) in [6.45, 7) is 9.35. The third-order valence-corrected chi connectivity index (χ3v) is 3.63. The summed E-state index contributed by atoms with van der Waals surface area (Å²) in [6, 6.07) is 5.99. The zero-order valence-corrected chi connectivity index (χ0v) is 14.3. The van der Waals surface area contributed by atoms with Gasteiger partial charge in [-0.05, 0) is 45.5 Å². The predicted molar refractivity (Wildman–Crippen MR) is 86.3 cm³/mol. The van der Waals surface area contributed by atoms with Crippen molar-refractivity contribution in [3.8, 4) is 5.75 Å². The van der Waals surface area contributed by atoms with E-state index in [0.717, 1.165) is 17.3 Å². The molecule has 0 aromatic heterocycles. The third-order valence-electron chi connectivity index (χ3n) is 3.01. The van der Waals surface area contributed by atoms with Crippen molar-refractivity contribution in [2.75, 3.05) is 13.2 Å². The van der Waals surface area contributed by atoms with Gasteiger partial charge in [0.15, 0.2) is 6.61 Å². The maximum Gasteiger partial charge on any atom is 0.257 e. The summed E-state index contributed by atoms with van der Waals surface area (Å²) >= 11 is 3.50. The van der Waals surface area contributed by atoms with Crippen LogP contribution in [-0.4, -0.2) is 19.1 Å². The summed E-state index contributed by atoms with van der Waals surface area (Å²) in [7, 11) is 0. The maximum absolute atomic E-state index is 11.6. The molecule has 0 atom stereocenters. The van der Waals surface area contributed by atoms with Gasteiger partial charge in [0, 0.05) is 6.54 Å². The molecular weight excluding hydrogens is 318 g/mol. The first-order valence-corrected chi connectivity index (χ1v) is 7.83. The number of rotatable bonds is 6. The van der Waals surface area contributed by atoms with Crippen molar-refractivity contribution in [3.63, 3.8) is 0 Å². The molecule has 20 heavy (non-hydrogen) atoms. The molecule has 0 saturated heterocycles. The molecule has 0 radical (unpaired) electrons. The van der Waals surface area contributed by atoms with Gasteiger partial charge in [-0.2, -0.15) is 0 Å². The van der Waals surface area contributed by atoms with Crippen LogP contribution >= 0.6 is 15.9 Å². The second-order valence-electron chi connectivity index (χ2n) is 5.89. The van der Waals surface area contributed by atoms with Gasteiger partial charge in [0.05, 0.1) is 4.47 Å². The number of ether oxygens (including phenoxy) is 1. The summed E-state index contributed by atoms with van der Waals surface area (Å²) in [5, 5.41) is 2.83. The van der Waals surface area contributed by atoms with E-state index in [-0.39, 0.29) is 17.9 Å². The van der Waals surface area contributed by atoms with Crippen LogP contribution in [-0.2, 0) is 10.2 Å². The number of benzene rings is 1. The average Bonchev–Trinajstić information content (AvgIpc) is 2.36. The van der Waals surface area contributed by atoms with Crippen LogP contribution in [0.2, 0.25) is 0 Å². The van der Waals surface area contributed by atoms with E-state index < -0.39 is 0 Å². The van der Waals surface area contributed by atoms with Gasteiger partial charge in [-0.3, -0.25) is 4.79 Å². The zero-order chi connectivity index (χ0) is 15.2. The minimum Gasteiger partial charge on any atom is -0.483 e. The molecule has 0 spiro atoms. The summed E-state index contributed by atoms with van der Waals surface area (Å²) in [4.78, 5) is 11.6. The van der Waals surface area contributed by atoms with Gasteiger partial charge in [0.2, 0.25) is 0 Å². The SMILES string of the molecule is CCCCNC(=O)COc1ccc(C(C)(C)C)cc1Br. The summed E-state index contributed by atoms with van der Waals surface area (Å²) in [5.74, 6) is 0.619. The van der Waals surface area contributed by atoms with Crippen LogP contribution in [0.25, 0.3) is 0 Å². The molecule has 0 saturated carbocycles. The minimum absolute atomic E-state index is 0.0528. The Morgan fingerprint density at radius 2 is 2.05 bits per heavy atom. The molecule has 0 heterocycles. The first-order valence-electron chi connectivity index (χ1n) is 7.04. The highest BCUT2D eigenvalue weighted by molar-refractivity contribution is 9.10. The van der Waals surface area contributed by atoms with Crippen molar-refractivity contribution in [2.45, 2.75) is 46.0 Å². The summed E-state index contributed by atoms with van der Waals surface area (Å²) in [5.41, 5.74) is 1.32. The van der Waals surface area contributed by atoms with Crippen LogP contribution in [0.1, 0.15) is 46.1 Å². The van der Waals surface area contributed by atoms with Gasteiger partial charge in [-0.1, -0.05) is 40.2 Å². The Hall–Kier alpha value is -1.03. The molecule has 1 amide bonds. The molecule has 0 aliphatic carbocycles. The van der Waals surface area contributed by atoms with Gasteiger partial charge in [-0.15, -0.1) is 0 Å². The molecule has 0 aliphatic heterocycles. The highest BCUT2D eigenvalue weighted by Crippen LogP contribution is 2.31. The number of amides is 1. The van der Waals surface area contributed by atoms with E-state index in [4.69, 9.17) is 4.74 Å². The lowest BCUT2D eigenvalue weighted by Gasteiger charge is -2.20. The standard InChI is InChI=1S/C16H24BrNO2/c1-5-6-9-18-15(19)11-20-14-8-7-12(10-13(14)17)16(2,3)4/h7-8,10H,5-6,9,11H2,1-4H3,(H,18,19). The number of halogens is 1. The van der Waals surface area contributed by atoms with Crippen molar-refractivity contribution in [1.82, 2.24) is 5.32 Å². The zero-order valence-electron chi connectivity index (χ0n) is 12.8. The Labute approximate surface area is 130 Å². The Bertz CT molecular complexity index is 452. The van der Waals surface area contributed by atoms with Gasteiger partial charge in [-0.25, -0.2) is 0 Å². The number of carbonyl (C=O) groups is 1. The molecule has 1 N–H and O–H groups in total. The monoisotopic (exact) mass is 341 g/mol. The lowest BCUT2D eigenvalue weighted by Crippen LogP contribution is -2.29. The van der Waals surface area contributed by atoms with E-state index in [2.05, 4.69) is 48.9 Å².